The number of aromatic nitrogens is 4. The quantitative estimate of drug-likeness (QED) is 0.186. The molecule has 0 aliphatic heterocycles. The number of benzene rings is 7. The van der Waals surface area contributed by atoms with Gasteiger partial charge in [0.25, 0.3) is 0 Å². The minimum absolute atomic E-state index is 0.587. The molecule has 3 aromatic heterocycles. The Morgan fingerprint density at radius 1 is 0.340 bits per heavy atom. The number of nitrogens with zero attached hydrogens (tertiary/aromatic N) is 4. The summed E-state index contributed by atoms with van der Waals surface area (Å²) < 4.78 is 12.7. The van der Waals surface area contributed by atoms with E-state index in [4.69, 9.17) is 28.8 Å². The van der Waals surface area contributed by atoms with E-state index in [0.29, 0.717) is 28.9 Å². The third kappa shape index (κ3) is 4.65. The highest BCUT2D eigenvalue weighted by Gasteiger charge is 2.20. The van der Waals surface area contributed by atoms with Crippen molar-refractivity contribution in [3.05, 3.63) is 158 Å². The summed E-state index contributed by atoms with van der Waals surface area (Å²) in [5.41, 5.74) is 8.93. The lowest BCUT2D eigenvalue weighted by atomic mass is 9.92. The van der Waals surface area contributed by atoms with Crippen molar-refractivity contribution in [3.8, 4) is 56.7 Å². The van der Waals surface area contributed by atoms with Crippen LogP contribution in [-0.2, 0) is 0 Å². The van der Waals surface area contributed by atoms with Gasteiger partial charge in [-0.15, -0.1) is 0 Å². The van der Waals surface area contributed by atoms with Gasteiger partial charge < -0.3 is 8.83 Å². The van der Waals surface area contributed by atoms with E-state index in [0.717, 1.165) is 71.6 Å². The maximum absolute atomic E-state index is 6.44. The zero-order valence-corrected chi connectivity index (χ0v) is 26.6. The molecule has 0 fully saturated rings. The van der Waals surface area contributed by atoms with Crippen molar-refractivity contribution >= 4 is 43.8 Å². The molecule has 234 valence electrons. The van der Waals surface area contributed by atoms with Crippen LogP contribution in [0, 0.1) is 0 Å². The molecule has 0 aliphatic rings. The van der Waals surface area contributed by atoms with E-state index < -0.39 is 0 Å². The van der Waals surface area contributed by atoms with Gasteiger partial charge >= 0.3 is 0 Å². The molecule has 0 unspecified atom stereocenters. The molecule has 6 heteroatoms. The van der Waals surface area contributed by atoms with Crippen molar-refractivity contribution in [1.29, 1.82) is 0 Å². The summed E-state index contributed by atoms with van der Waals surface area (Å²) >= 11 is 0. The average molecular weight is 643 g/mol. The van der Waals surface area contributed by atoms with E-state index in [2.05, 4.69) is 48.5 Å². The Balaban J connectivity index is 1.16. The van der Waals surface area contributed by atoms with Crippen molar-refractivity contribution in [2.75, 3.05) is 0 Å². The molecule has 0 aliphatic carbocycles. The highest BCUT2D eigenvalue weighted by atomic mass is 16.4. The monoisotopic (exact) mass is 642 g/mol. The second kappa shape index (κ2) is 11.4. The van der Waals surface area contributed by atoms with Crippen molar-refractivity contribution in [2.24, 2.45) is 0 Å². The van der Waals surface area contributed by atoms with Crippen molar-refractivity contribution < 1.29 is 8.83 Å². The van der Waals surface area contributed by atoms with E-state index in [1.165, 1.54) is 0 Å². The number of furan rings is 1. The fraction of sp³-hybridized carbons (Fsp3) is 0. The molecule has 50 heavy (non-hydrogen) atoms. The second-order valence-electron chi connectivity index (χ2n) is 12.2. The Kier molecular flexibility index (Phi) is 6.39. The minimum atomic E-state index is 0.587. The molecule has 0 radical (unpaired) electrons. The topological polar surface area (TPSA) is 77.8 Å². The molecule has 10 rings (SSSR count). The molecule has 10 aromatic rings. The molecule has 0 bridgehead atoms. The smallest absolute Gasteiger partial charge is 0.227 e. The van der Waals surface area contributed by atoms with Crippen LogP contribution in [0.25, 0.3) is 101 Å². The third-order valence-corrected chi connectivity index (χ3v) is 9.18. The zero-order chi connectivity index (χ0) is 33.0. The number of hydrogen-bond donors (Lipinski definition) is 0. The molecule has 0 saturated heterocycles. The Morgan fingerprint density at radius 3 is 1.60 bits per heavy atom. The van der Waals surface area contributed by atoms with Crippen LogP contribution in [-0.4, -0.2) is 19.9 Å². The van der Waals surface area contributed by atoms with Gasteiger partial charge in [-0.2, -0.15) is 0 Å². The summed E-state index contributed by atoms with van der Waals surface area (Å²) in [4.78, 5) is 19.7. The zero-order valence-electron chi connectivity index (χ0n) is 26.6. The predicted octanol–water partition coefficient (Wildman–Crippen LogP) is 11.4. The van der Waals surface area contributed by atoms with E-state index in [-0.39, 0.29) is 0 Å². The number of fused-ring (bicyclic) bond motifs is 5. The van der Waals surface area contributed by atoms with E-state index in [1.807, 2.05) is 109 Å². The largest absolute Gasteiger partial charge is 0.456 e. The second-order valence-corrected chi connectivity index (χ2v) is 12.2. The minimum Gasteiger partial charge on any atom is -0.456 e. The molecule has 0 spiro atoms. The van der Waals surface area contributed by atoms with Crippen LogP contribution >= 0.6 is 0 Å². The summed E-state index contributed by atoms with van der Waals surface area (Å²) in [6.07, 6.45) is 0. The molecule has 0 atom stereocenters. The van der Waals surface area contributed by atoms with Gasteiger partial charge in [-0.05, 0) is 52.2 Å². The molecule has 6 nitrogen and oxygen atoms in total. The highest BCUT2D eigenvalue weighted by molar-refractivity contribution is 6.18. The first kappa shape index (κ1) is 28.1. The Bertz CT molecular complexity index is 2800. The highest BCUT2D eigenvalue weighted by Crippen LogP contribution is 2.42. The summed E-state index contributed by atoms with van der Waals surface area (Å²) in [5, 5.41) is 4.13. The van der Waals surface area contributed by atoms with Gasteiger partial charge in [0.2, 0.25) is 5.89 Å². The lowest BCUT2D eigenvalue weighted by molar-refractivity contribution is 0.620. The van der Waals surface area contributed by atoms with Gasteiger partial charge in [0.05, 0.1) is 0 Å². The lowest BCUT2D eigenvalue weighted by Gasteiger charge is -2.13. The molecular formula is C44H26N4O2. The number of oxazole rings is 1. The van der Waals surface area contributed by atoms with Gasteiger partial charge in [0, 0.05) is 39.1 Å². The summed E-state index contributed by atoms with van der Waals surface area (Å²) in [5.74, 6) is 2.47. The first-order valence-corrected chi connectivity index (χ1v) is 16.5. The Morgan fingerprint density at radius 2 is 0.920 bits per heavy atom. The van der Waals surface area contributed by atoms with Gasteiger partial charge in [0.15, 0.2) is 23.1 Å². The normalized spacial score (nSPS) is 11.6. The molecule has 3 heterocycles. The van der Waals surface area contributed by atoms with Crippen LogP contribution in [0.4, 0.5) is 0 Å². The van der Waals surface area contributed by atoms with Crippen LogP contribution in [0.5, 0.6) is 0 Å². The Hall–Kier alpha value is -6.92. The lowest BCUT2D eigenvalue weighted by Crippen LogP contribution is -2.00. The van der Waals surface area contributed by atoms with E-state index >= 15 is 0 Å². The first-order chi connectivity index (χ1) is 24.8. The summed E-state index contributed by atoms with van der Waals surface area (Å²) in [6, 6.07) is 53.0. The van der Waals surface area contributed by atoms with Crippen LogP contribution in [0.1, 0.15) is 0 Å². The SMILES string of the molecule is c1ccc(-c2nc(-c3ccccc3)nc(-c3ccc(-c4cccc5oc6cc7nc(-c8ccccc8)oc7cc6c45)c4ccccc34)n2)cc1. The van der Waals surface area contributed by atoms with E-state index in [1.54, 1.807) is 0 Å². The molecule has 0 saturated carbocycles. The molecular weight excluding hydrogens is 617 g/mol. The molecule has 0 amide bonds. The average Bonchev–Trinajstić information content (AvgIpc) is 3.78. The van der Waals surface area contributed by atoms with E-state index in [9.17, 15) is 0 Å². The van der Waals surface area contributed by atoms with Crippen molar-refractivity contribution in [2.45, 2.75) is 0 Å². The maximum Gasteiger partial charge on any atom is 0.227 e. The fourth-order valence-electron chi connectivity index (χ4n) is 6.83. The fourth-order valence-corrected chi connectivity index (χ4v) is 6.83. The van der Waals surface area contributed by atoms with Crippen LogP contribution in [0.2, 0.25) is 0 Å². The van der Waals surface area contributed by atoms with Crippen molar-refractivity contribution in [1.82, 2.24) is 19.9 Å². The van der Waals surface area contributed by atoms with Gasteiger partial charge in [-0.25, -0.2) is 19.9 Å². The standard InChI is InChI=1S/C44H26N4O2/c1-4-13-27(14-5-1)41-46-42(28-15-6-2-7-16-28)48-43(47-41)34-24-23-32(30-19-10-11-20-31(30)34)33-21-12-22-37-40(33)35-25-39-36(26-38(35)49-37)45-44(50-39)29-17-8-3-9-18-29/h1-26H. The first-order valence-electron chi connectivity index (χ1n) is 16.5. The van der Waals surface area contributed by atoms with Gasteiger partial charge in [-0.1, -0.05) is 121 Å². The maximum atomic E-state index is 6.44. The van der Waals surface area contributed by atoms with Gasteiger partial charge in [0.1, 0.15) is 16.7 Å². The number of hydrogen-bond acceptors (Lipinski definition) is 6. The number of rotatable bonds is 5. The van der Waals surface area contributed by atoms with Crippen molar-refractivity contribution in [3.63, 3.8) is 0 Å². The molecule has 7 aromatic carbocycles. The molecule has 0 N–H and O–H groups in total. The third-order valence-electron chi connectivity index (χ3n) is 9.18. The van der Waals surface area contributed by atoms with Crippen LogP contribution in [0.3, 0.4) is 0 Å². The van der Waals surface area contributed by atoms with Gasteiger partial charge in [-0.3, -0.25) is 0 Å². The summed E-state index contributed by atoms with van der Waals surface area (Å²) in [6.45, 7) is 0. The Labute approximate surface area is 286 Å². The van der Waals surface area contributed by atoms with Crippen LogP contribution in [0.15, 0.2) is 167 Å². The van der Waals surface area contributed by atoms with Crippen LogP contribution < -0.4 is 0 Å². The predicted molar refractivity (Wildman–Crippen MR) is 199 cm³/mol. The summed E-state index contributed by atoms with van der Waals surface area (Å²) in [7, 11) is 0.